The highest BCUT2D eigenvalue weighted by atomic mass is 15.4. The molecule has 1 aromatic rings. The van der Waals surface area contributed by atoms with E-state index in [1.807, 2.05) is 0 Å². The van der Waals surface area contributed by atoms with Gasteiger partial charge < -0.3 is 9.80 Å². The Kier molecular flexibility index (Phi) is 5.44. The molecule has 2 aliphatic heterocycles. The van der Waals surface area contributed by atoms with Gasteiger partial charge in [-0.15, -0.1) is 0 Å². The molecule has 1 spiro atoms. The van der Waals surface area contributed by atoms with Crippen LogP contribution < -0.4 is 0 Å². The average molecular weight is 329 g/mol. The second-order valence-electron chi connectivity index (χ2n) is 7.64. The summed E-state index contributed by atoms with van der Waals surface area (Å²) >= 11 is 0. The lowest BCUT2D eigenvalue weighted by Gasteiger charge is -2.41. The van der Waals surface area contributed by atoms with E-state index in [-0.39, 0.29) is 0 Å². The van der Waals surface area contributed by atoms with Gasteiger partial charge in [0.05, 0.1) is 0 Å². The summed E-state index contributed by atoms with van der Waals surface area (Å²) in [7, 11) is 4.23. The Morgan fingerprint density at radius 2 is 1.92 bits per heavy atom. The molecule has 2 aliphatic rings. The summed E-state index contributed by atoms with van der Waals surface area (Å²) < 4.78 is 0. The monoisotopic (exact) mass is 328 g/mol. The van der Waals surface area contributed by atoms with Crippen LogP contribution in [0.4, 0.5) is 0 Å². The summed E-state index contributed by atoms with van der Waals surface area (Å²) in [6.07, 6.45) is 3.99. The second-order valence-corrected chi connectivity index (χ2v) is 7.64. The number of hydrogen-bond donors (Lipinski definition) is 0. The molecule has 0 saturated carbocycles. The third kappa shape index (κ3) is 3.92. The van der Waals surface area contributed by atoms with Gasteiger partial charge in [-0.2, -0.15) is 0 Å². The Morgan fingerprint density at radius 1 is 1.12 bits per heavy atom. The predicted octanol–water partition coefficient (Wildman–Crippen LogP) is 2.91. The van der Waals surface area contributed by atoms with E-state index < -0.39 is 0 Å². The van der Waals surface area contributed by atoms with Crippen molar-refractivity contribution >= 4 is 5.96 Å². The van der Waals surface area contributed by atoms with E-state index in [1.54, 1.807) is 0 Å². The van der Waals surface area contributed by atoms with E-state index in [0.717, 1.165) is 32.1 Å². The quantitative estimate of drug-likeness (QED) is 0.629. The normalized spacial score (nSPS) is 25.5. The minimum atomic E-state index is 0.456. The number of hydrogen-bond acceptors (Lipinski definition) is 2. The van der Waals surface area contributed by atoms with E-state index in [4.69, 9.17) is 4.99 Å². The molecular weight excluding hydrogens is 296 g/mol. The molecule has 4 nitrogen and oxygen atoms in total. The number of benzene rings is 1. The van der Waals surface area contributed by atoms with E-state index in [0.29, 0.717) is 5.41 Å². The van der Waals surface area contributed by atoms with Crippen molar-refractivity contribution in [3.05, 3.63) is 35.9 Å². The fourth-order valence-corrected chi connectivity index (χ4v) is 4.39. The lowest BCUT2D eigenvalue weighted by atomic mass is 9.79. The highest BCUT2D eigenvalue weighted by Crippen LogP contribution is 2.39. The minimum absolute atomic E-state index is 0.456. The topological polar surface area (TPSA) is 22.1 Å². The summed E-state index contributed by atoms with van der Waals surface area (Å²) in [4.78, 5) is 12.1. The van der Waals surface area contributed by atoms with Crippen LogP contribution in [-0.2, 0) is 6.54 Å². The molecule has 2 saturated heterocycles. The van der Waals surface area contributed by atoms with Gasteiger partial charge in [-0.1, -0.05) is 30.3 Å². The van der Waals surface area contributed by atoms with Crippen LogP contribution in [0.25, 0.3) is 0 Å². The summed E-state index contributed by atoms with van der Waals surface area (Å²) in [5.41, 5.74) is 1.89. The van der Waals surface area contributed by atoms with E-state index in [1.165, 1.54) is 37.9 Å². The van der Waals surface area contributed by atoms with Gasteiger partial charge >= 0.3 is 0 Å². The zero-order valence-corrected chi connectivity index (χ0v) is 15.5. The van der Waals surface area contributed by atoms with E-state index in [9.17, 15) is 0 Å². The van der Waals surface area contributed by atoms with Crippen molar-refractivity contribution in [1.82, 2.24) is 14.7 Å². The van der Waals surface area contributed by atoms with Crippen molar-refractivity contribution in [2.45, 2.75) is 32.7 Å². The van der Waals surface area contributed by atoms with Crippen LogP contribution in [0.5, 0.6) is 0 Å². The maximum atomic E-state index is 4.73. The van der Waals surface area contributed by atoms with E-state index in [2.05, 4.69) is 66.1 Å². The highest BCUT2D eigenvalue weighted by Gasteiger charge is 2.42. The molecule has 2 heterocycles. The smallest absolute Gasteiger partial charge is 0.196 e. The number of rotatable bonds is 3. The van der Waals surface area contributed by atoms with Crippen LogP contribution in [-0.4, -0.2) is 67.5 Å². The van der Waals surface area contributed by atoms with Crippen molar-refractivity contribution in [2.24, 2.45) is 10.4 Å². The molecule has 3 rings (SSSR count). The van der Waals surface area contributed by atoms with Gasteiger partial charge in [0.15, 0.2) is 5.96 Å². The first-order valence-corrected chi connectivity index (χ1v) is 9.35. The Labute approximate surface area is 147 Å². The first-order valence-electron chi connectivity index (χ1n) is 9.35. The number of piperidine rings is 1. The third-order valence-electron chi connectivity index (χ3n) is 5.41. The Hall–Kier alpha value is -1.55. The lowest BCUT2D eigenvalue weighted by Crippen LogP contribution is -2.46. The molecule has 0 radical (unpaired) electrons. The molecule has 1 atom stereocenters. The molecule has 0 N–H and O–H groups in total. The molecule has 0 bridgehead atoms. The Balaban J connectivity index is 1.65. The molecule has 0 aromatic heterocycles. The van der Waals surface area contributed by atoms with Gasteiger partial charge in [0, 0.05) is 52.2 Å². The van der Waals surface area contributed by atoms with Crippen molar-refractivity contribution in [1.29, 1.82) is 0 Å². The van der Waals surface area contributed by atoms with Crippen LogP contribution in [0.15, 0.2) is 35.3 Å². The number of nitrogens with zero attached hydrogens (tertiary/aromatic N) is 4. The summed E-state index contributed by atoms with van der Waals surface area (Å²) in [6, 6.07) is 10.9. The summed E-state index contributed by atoms with van der Waals surface area (Å²) in [5.74, 6) is 1.16. The lowest BCUT2D eigenvalue weighted by molar-refractivity contribution is 0.0921. The molecular formula is C20H32N4. The zero-order valence-electron chi connectivity index (χ0n) is 15.5. The summed E-state index contributed by atoms with van der Waals surface area (Å²) in [6.45, 7) is 8.85. The molecule has 1 unspecified atom stereocenters. The van der Waals surface area contributed by atoms with Gasteiger partial charge in [0.2, 0.25) is 0 Å². The number of guanidine groups is 1. The Morgan fingerprint density at radius 3 is 2.62 bits per heavy atom. The van der Waals surface area contributed by atoms with E-state index >= 15 is 0 Å². The number of likely N-dealkylation sites (tertiary alicyclic amines) is 2. The number of aliphatic imine (C=N–C) groups is 1. The van der Waals surface area contributed by atoms with Crippen LogP contribution in [0, 0.1) is 5.41 Å². The fourth-order valence-electron chi connectivity index (χ4n) is 4.39. The molecule has 0 aliphatic carbocycles. The fraction of sp³-hybridized carbons (Fsp3) is 0.650. The predicted molar refractivity (Wildman–Crippen MR) is 101 cm³/mol. The average Bonchev–Trinajstić information content (AvgIpc) is 2.96. The van der Waals surface area contributed by atoms with Gasteiger partial charge in [0.1, 0.15) is 0 Å². The van der Waals surface area contributed by atoms with Gasteiger partial charge in [-0.25, -0.2) is 0 Å². The van der Waals surface area contributed by atoms with Crippen LogP contribution in [0.2, 0.25) is 0 Å². The molecule has 4 heteroatoms. The first-order chi connectivity index (χ1) is 11.6. The van der Waals surface area contributed by atoms with Gasteiger partial charge in [-0.3, -0.25) is 9.89 Å². The molecule has 24 heavy (non-hydrogen) atoms. The third-order valence-corrected chi connectivity index (χ3v) is 5.41. The minimum Gasteiger partial charge on any atom is -0.349 e. The zero-order chi connectivity index (χ0) is 17.0. The van der Waals surface area contributed by atoms with Crippen molar-refractivity contribution in [2.75, 3.05) is 46.8 Å². The first kappa shape index (κ1) is 17.3. The van der Waals surface area contributed by atoms with Crippen LogP contribution in [0.3, 0.4) is 0 Å². The summed E-state index contributed by atoms with van der Waals surface area (Å²) in [5, 5.41) is 0. The van der Waals surface area contributed by atoms with Crippen molar-refractivity contribution in [3.8, 4) is 0 Å². The van der Waals surface area contributed by atoms with Crippen LogP contribution >= 0.6 is 0 Å². The largest absolute Gasteiger partial charge is 0.349 e. The van der Waals surface area contributed by atoms with Gasteiger partial charge in [0.25, 0.3) is 0 Å². The maximum Gasteiger partial charge on any atom is 0.196 e. The van der Waals surface area contributed by atoms with Crippen LogP contribution in [0.1, 0.15) is 31.7 Å². The SMILES string of the molecule is CCN=C(N(C)C)N1CCC2(CCCN(Cc3ccccc3)C2)C1. The molecule has 1 aromatic carbocycles. The Bertz CT molecular complexity index is 554. The standard InChI is InChI=1S/C20H32N4/c1-4-21-19(22(2)3)24-14-12-20(17-24)11-8-13-23(16-20)15-18-9-6-5-7-10-18/h5-7,9-10H,4,8,11-17H2,1-3H3. The molecule has 2 fully saturated rings. The van der Waals surface area contributed by atoms with Crippen molar-refractivity contribution < 1.29 is 0 Å². The van der Waals surface area contributed by atoms with Gasteiger partial charge in [-0.05, 0) is 38.3 Å². The maximum absolute atomic E-state index is 4.73. The molecule has 132 valence electrons. The second kappa shape index (κ2) is 7.56. The molecule has 0 amide bonds. The highest BCUT2D eigenvalue weighted by molar-refractivity contribution is 5.80. The van der Waals surface area contributed by atoms with Crippen molar-refractivity contribution in [3.63, 3.8) is 0 Å².